The molecule has 108 valence electrons. The maximum atomic E-state index is 5.83. The highest BCUT2D eigenvalue weighted by Gasteiger charge is 2.11. The van der Waals surface area contributed by atoms with Crippen molar-refractivity contribution in [3.05, 3.63) is 52.7 Å². The van der Waals surface area contributed by atoms with Crippen LogP contribution in [0.4, 0.5) is 0 Å². The van der Waals surface area contributed by atoms with Gasteiger partial charge in [-0.3, -0.25) is 4.68 Å². The second-order valence-corrected chi connectivity index (χ2v) is 5.46. The number of aromatic nitrogens is 3. The lowest BCUT2D eigenvalue weighted by Gasteiger charge is -2.07. The van der Waals surface area contributed by atoms with Gasteiger partial charge in [0.15, 0.2) is 5.65 Å². The third kappa shape index (κ3) is 2.61. The Bertz CT molecular complexity index is 788. The van der Waals surface area contributed by atoms with Crippen LogP contribution in [0, 0.1) is 20.8 Å². The van der Waals surface area contributed by atoms with E-state index < -0.39 is 0 Å². The fourth-order valence-electron chi connectivity index (χ4n) is 2.55. The summed E-state index contributed by atoms with van der Waals surface area (Å²) in [5.74, 6) is 0.642. The van der Waals surface area contributed by atoms with Crippen LogP contribution in [0.25, 0.3) is 11.0 Å². The molecule has 4 nitrogen and oxygen atoms in total. The number of fused-ring (bicyclic) bond motifs is 1. The summed E-state index contributed by atoms with van der Waals surface area (Å²) < 4.78 is 7.63. The highest BCUT2D eigenvalue weighted by atomic mass is 16.5. The van der Waals surface area contributed by atoms with E-state index in [0.717, 1.165) is 27.9 Å². The highest BCUT2D eigenvalue weighted by molar-refractivity contribution is 5.82. The second kappa shape index (κ2) is 5.20. The van der Waals surface area contributed by atoms with Gasteiger partial charge in [-0.05, 0) is 31.9 Å². The van der Waals surface area contributed by atoms with Crippen molar-refractivity contribution >= 4 is 11.0 Å². The van der Waals surface area contributed by atoms with Crippen LogP contribution >= 0.6 is 0 Å². The molecule has 0 N–H and O–H groups in total. The molecule has 2 aromatic heterocycles. The molecule has 3 rings (SSSR count). The van der Waals surface area contributed by atoms with Gasteiger partial charge in [0.2, 0.25) is 5.88 Å². The summed E-state index contributed by atoms with van der Waals surface area (Å²) in [6.45, 7) is 6.67. The molecular formula is C17H19N3O. The summed E-state index contributed by atoms with van der Waals surface area (Å²) in [5, 5.41) is 5.53. The van der Waals surface area contributed by atoms with Crippen LogP contribution in [0.15, 0.2) is 30.3 Å². The van der Waals surface area contributed by atoms with E-state index >= 15 is 0 Å². The van der Waals surface area contributed by atoms with Crippen LogP contribution in [-0.2, 0) is 13.7 Å². The molecule has 21 heavy (non-hydrogen) atoms. The van der Waals surface area contributed by atoms with Crippen LogP contribution in [0.2, 0.25) is 0 Å². The lowest BCUT2D eigenvalue weighted by atomic mass is 10.1. The molecule has 0 aliphatic heterocycles. The van der Waals surface area contributed by atoms with E-state index in [1.165, 1.54) is 5.56 Å². The molecule has 0 radical (unpaired) electrons. The molecule has 0 aliphatic carbocycles. The van der Waals surface area contributed by atoms with Gasteiger partial charge in [-0.2, -0.15) is 10.1 Å². The zero-order valence-corrected chi connectivity index (χ0v) is 12.8. The lowest BCUT2D eigenvalue weighted by molar-refractivity contribution is 0.294. The fourth-order valence-corrected chi connectivity index (χ4v) is 2.55. The maximum Gasteiger partial charge on any atom is 0.215 e. The molecule has 0 saturated heterocycles. The number of pyridine rings is 1. The van der Waals surface area contributed by atoms with Gasteiger partial charge in [0.25, 0.3) is 0 Å². The number of rotatable bonds is 3. The Morgan fingerprint density at radius 3 is 2.52 bits per heavy atom. The molecule has 1 aromatic carbocycles. The minimum atomic E-state index is 0.523. The Balaban J connectivity index is 1.87. The summed E-state index contributed by atoms with van der Waals surface area (Å²) in [6.07, 6.45) is 0. The molecule has 0 atom stereocenters. The molecule has 0 bridgehead atoms. The first-order valence-corrected chi connectivity index (χ1v) is 7.04. The van der Waals surface area contributed by atoms with E-state index in [-0.39, 0.29) is 0 Å². The smallest absolute Gasteiger partial charge is 0.215 e. The fraction of sp³-hybridized carbons (Fsp3) is 0.294. The average Bonchev–Trinajstić information content (AvgIpc) is 2.74. The SMILES string of the molecule is Cc1ccc(COc2cc(C)c3c(C)nn(C)c3n2)cc1. The zero-order valence-electron chi connectivity index (χ0n) is 12.8. The van der Waals surface area contributed by atoms with Crippen molar-refractivity contribution in [1.29, 1.82) is 0 Å². The van der Waals surface area contributed by atoms with Gasteiger partial charge in [-0.25, -0.2) is 0 Å². The van der Waals surface area contributed by atoms with Crippen LogP contribution < -0.4 is 4.74 Å². The van der Waals surface area contributed by atoms with Crippen molar-refractivity contribution < 1.29 is 4.74 Å². The molecule has 0 spiro atoms. The number of aryl methyl sites for hydroxylation is 4. The van der Waals surface area contributed by atoms with Crippen LogP contribution in [0.1, 0.15) is 22.4 Å². The summed E-state index contributed by atoms with van der Waals surface area (Å²) in [4.78, 5) is 4.57. The Labute approximate surface area is 124 Å². The first-order chi connectivity index (χ1) is 10.0. The number of hydrogen-bond acceptors (Lipinski definition) is 3. The van der Waals surface area contributed by atoms with E-state index in [1.807, 2.05) is 20.0 Å². The zero-order chi connectivity index (χ0) is 15.0. The van der Waals surface area contributed by atoms with Gasteiger partial charge in [0.05, 0.1) is 5.69 Å². The van der Waals surface area contributed by atoms with E-state index in [0.29, 0.717) is 12.5 Å². The predicted octanol–water partition coefficient (Wildman–Crippen LogP) is 3.47. The minimum Gasteiger partial charge on any atom is -0.473 e. The van der Waals surface area contributed by atoms with E-state index in [9.17, 15) is 0 Å². The first-order valence-electron chi connectivity index (χ1n) is 7.04. The van der Waals surface area contributed by atoms with E-state index in [4.69, 9.17) is 4.74 Å². The van der Waals surface area contributed by atoms with Crippen molar-refractivity contribution in [2.45, 2.75) is 27.4 Å². The maximum absolute atomic E-state index is 5.83. The summed E-state index contributed by atoms with van der Waals surface area (Å²) in [5.41, 5.74) is 5.40. The Hall–Kier alpha value is -2.36. The van der Waals surface area contributed by atoms with Crippen molar-refractivity contribution in [3.63, 3.8) is 0 Å². The molecule has 0 amide bonds. The van der Waals surface area contributed by atoms with Crippen molar-refractivity contribution in [2.75, 3.05) is 0 Å². The largest absolute Gasteiger partial charge is 0.473 e. The Morgan fingerprint density at radius 2 is 1.81 bits per heavy atom. The quantitative estimate of drug-likeness (QED) is 0.738. The van der Waals surface area contributed by atoms with Crippen molar-refractivity contribution in [3.8, 4) is 5.88 Å². The van der Waals surface area contributed by atoms with Crippen LogP contribution in [0.5, 0.6) is 5.88 Å². The molecule has 4 heteroatoms. The topological polar surface area (TPSA) is 39.9 Å². The number of nitrogens with zero attached hydrogens (tertiary/aromatic N) is 3. The third-order valence-electron chi connectivity index (χ3n) is 3.65. The van der Waals surface area contributed by atoms with Gasteiger partial charge in [-0.1, -0.05) is 29.8 Å². The lowest BCUT2D eigenvalue weighted by Crippen LogP contribution is -1.99. The number of ether oxygens (including phenoxy) is 1. The van der Waals surface area contributed by atoms with Gasteiger partial charge in [0, 0.05) is 18.5 Å². The minimum absolute atomic E-state index is 0.523. The number of benzene rings is 1. The van der Waals surface area contributed by atoms with Crippen molar-refractivity contribution in [2.24, 2.45) is 7.05 Å². The van der Waals surface area contributed by atoms with E-state index in [2.05, 4.69) is 48.2 Å². The monoisotopic (exact) mass is 281 g/mol. The highest BCUT2D eigenvalue weighted by Crippen LogP contribution is 2.24. The molecule has 0 aliphatic rings. The van der Waals surface area contributed by atoms with Gasteiger partial charge in [-0.15, -0.1) is 0 Å². The van der Waals surface area contributed by atoms with Crippen LogP contribution in [0.3, 0.4) is 0 Å². The molecular weight excluding hydrogens is 262 g/mol. The summed E-state index contributed by atoms with van der Waals surface area (Å²) in [7, 11) is 1.91. The van der Waals surface area contributed by atoms with Gasteiger partial charge in [0.1, 0.15) is 6.61 Å². The molecule has 3 aromatic rings. The molecule has 0 unspecified atom stereocenters. The summed E-state index contributed by atoms with van der Waals surface area (Å²) >= 11 is 0. The molecule has 2 heterocycles. The van der Waals surface area contributed by atoms with Crippen molar-refractivity contribution in [1.82, 2.24) is 14.8 Å². The second-order valence-electron chi connectivity index (χ2n) is 5.46. The van der Waals surface area contributed by atoms with Crippen LogP contribution in [-0.4, -0.2) is 14.8 Å². The number of hydrogen-bond donors (Lipinski definition) is 0. The van der Waals surface area contributed by atoms with E-state index in [1.54, 1.807) is 4.68 Å². The first kappa shape index (κ1) is 13.6. The molecule has 0 fully saturated rings. The Kier molecular flexibility index (Phi) is 3.37. The average molecular weight is 281 g/mol. The Morgan fingerprint density at radius 1 is 1.10 bits per heavy atom. The van der Waals surface area contributed by atoms with Gasteiger partial charge >= 0.3 is 0 Å². The third-order valence-corrected chi connectivity index (χ3v) is 3.65. The predicted molar refractivity (Wildman–Crippen MR) is 83.5 cm³/mol. The summed E-state index contributed by atoms with van der Waals surface area (Å²) in [6, 6.07) is 10.3. The standard InChI is InChI=1S/C17H19N3O/c1-11-5-7-14(8-6-11)10-21-15-9-12(2)16-13(3)19-20(4)17(16)18-15/h5-9H,10H2,1-4H3. The molecule has 0 saturated carbocycles. The van der Waals surface area contributed by atoms with Gasteiger partial charge < -0.3 is 4.74 Å². The normalized spacial score (nSPS) is 11.0.